The number of carbonyl (C=O) groups excluding carboxylic acids is 1. The van der Waals surface area contributed by atoms with Crippen LogP contribution in [0.1, 0.15) is 30.6 Å². The first-order valence-corrected chi connectivity index (χ1v) is 8.09. The number of nitrogens with one attached hydrogen (secondary N) is 2. The predicted molar refractivity (Wildman–Crippen MR) is 96.1 cm³/mol. The Morgan fingerprint density at radius 2 is 2.12 bits per heavy atom. The van der Waals surface area contributed by atoms with Crippen molar-refractivity contribution in [3.05, 3.63) is 41.0 Å². The number of benzene rings is 1. The van der Waals surface area contributed by atoms with Gasteiger partial charge in [0.15, 0.2) is 0 Å². The lowest BCUT2D eigenvalue weighted by molar-refractivity contribution is 0.0601. The van der Waals surface area contributed by atoms with Gasteiger partial charge in [0.05, 0.1) is 23.4 Å². The Labute approximate surface area is 146 Å². The summed E-state index contributed by atoms with van der Waals surface area (Å²) in [6.45, 7) is 5.13. The number of hydrogen-bond donors (Lipinski definition) is 2. The summed E-state index contributed by atoms with van der Waals surface area (Å²) >= 11 is 6.18. The van der Waals surface area contributed by atoms with Gasteiger partial charge in [0, 0.05) is 12.7 Å². The van der Waals surface area contributed by atoms with Crippen LogP contribution in [0.25, 0.3) is 0 Å². The highest BCUT2D eigenvalue weighted by atomic mass is 35.5. The fraction of sp³-hybridized carbons (Fsp3) is 0.353. The lowest BCUT2D eigenvalue weighted by Crippen LogP contribution is -2.08. The molecule has 0 aliphatic carbocycles. The Hall–Kier alpha value is -2.34. The van der Waals surface area contributed by atoms with Gasteiger partial charge in [-0.25, -0.2) is 9.78 Å². The molecular weight excluding hydrogens is 328 g/mol. The zero-order valence-electron chi connectivity index (χ0n) is 14.0. The molecule has 0 aliphatic rings. The van der Waals surface area contributed by atoms with Crippen LogP contribution in [-0.4, -0.2) is 29.6 Å². The Morgan fingerprint density at radius 1 is 1.33 bits per heavy atom. The van der Waals surface area contributed by atoms with E-state index in [4.69, 9.17) is 16.3 Å². The second kappa shape index (κ2) is 8.49. The number of hydrogen-bond acceptors (Lipinski definition) is 6. The Morgan fingerprint density at radius 3 is 2.83 bits per heavy atom. The van der Waals surface area contributed by atoms with E-state index in [1.807, 2.05) is 0 Å². The van der Waals surface area contributed by atoms with Crippen molar-refractivity contribution in [1.82, 2.24) is 9.97 Å². The van der Waals surface area contributed by atoms with Crippen LogP contribution in [0, 0.1) is 5.92 Å². The maximum Gasteiger partial charge on any atom is 0.337 e. The third kappa shape index (κ3) is 5.09. The smallest absolute Gasteiger partial charge is 0.337 e. The van der Waals surface area contributed by atoms with E-state index in [2.05, 4.69) is 34.4 Å². The molecule has 1 aromatic carbocycles. The van der Waals surface area contributed by atoms with Crippen LogP contribution >= 0.6 is 11.6 Å². The fourth-order valence-electron chi connectivity index (χ4n) is 1.99. The number of esters is 1. The zero-order chi connectivity index (χ0) is 17.5. The largest absolute Gasteiger partial charge is 0.465 e. The molecule has 2 aromatic rings. The van der Waals surface area contributed by atoms with E-state index in [-0.39, 0.29) is 0 Å². The molecule has 0 fully saturated rings. The SMILES string of the molecule is COC(=O)c1ccc(Cl)c(Nc2ccnc(NCCC(C)C)n2)c1. The Balaban J connectivity index is 2.12. The van der Waals surface area contributed by atoms with Crippen molar-refractivity contribution in [2.75, 3.05) is 24.3 Å². The van der Waals surface area contributed by atoms with Crippen LogP contribution < -0.4 is 10.6 Å². The van der Waals surface area contributed by atoms with E-state index < -0.39 is 5.97 Å². The molecule has 0 radical (unpaired) electrons. The van der Waals surface area contributed by atoms with Gasteiger partial charge in [0.1, 0.15) is 5.82 Å². The van der Waals surface area contributed by atoms with E-state index >= 15 is 0 Å². The number of methoxy groups -OCH3 is 1. The van der Waals surface area contributed by atoms with Crippen molar-refractivity contribution in [2.45, 2.75) is 20.3 Å². The summed E-state index contributed by atoms with van der Waals surface area (Å²) in [5.74, 6) is 1.31. The molecule has 0 unspecified atom stereocenters. The number of aromatic nitrogens is 2. The van der Waals surface area contributed by atoms with Gasteiger partial charge < -0.3 is 15.4 Å². The zero-order valence-corrected chi connectivity index (χ0v) is 14.7. The molecule has 0 aliphatic heterocycles. The van der Waals surface area contributed by atoms with Gasteiger partial charge in [-0.15, -0.1) is 0 Å². The quantitative estimate of drug-likeness (QED) is 0.733. The molecule has 0 saturated heterocycles. The number of ether oxygens (including phenoxy) is 1. The number of carbonyl (C=O) groups is 1. The predicted octanol–water partition coefficient (Wildman–Crippen LogP) is 4.12. The van der Waals surface area contributed by atoms with Crippen LogP contribution in [0.5, 0.6) is 0 Å². The van der Waals surface area contributed by atoms with E-state index in [1.165, 1.54) is 7.11 Å². The minimum atomic E-state index is -0.423. The first kappa shape index (κ1) is 18.0. The normalized spacial score (nSPS) is 10.5. The molecular formula is C17H21ClN4O2. The summed E-state index contributed by atoms with van der Waals surface area (Å²) < 4.78 is 4.72. The summed E-state index contributed by atoms with van der Waals surface area (Å²) in [4.78, 5) is 20.2. The summed E-state index contributed by atoms with van der Waals surface area (Å²) in [5.41, 5.74) is 0.986. The second-order valence-corrected chi connectivity index (χ2v) is 6.09. The van der Waals surface area contributed by atoms with Gasteiger partial charge in [-0.1, -0.05) is 25.4 Å². The molecule has 0 saturated carbocycles. The summed E-state index contributed by atoms with van der Waals surface area (Å²) in [6.07, 6.45) is 2.69. The molecule has 7 heteroatoms. The molecule has 0 spiro atoms. The Kier molecular flexibility index (Phi) is 6.37. The lowest BCUT2D eigenvalue weighted by atomic mass is 10.1. The molecule has 128 valence electrons. The van der Waals surface area contributed by atoms with Crippen molar-refractivity contribution in [1.29, 1.82) is 0 Å². The summed E-state index contributed by atoms with van der Waals surface area (Å²) in [7, 11) is 1.34. The molecule has 1 aromatic heterocycles. The van der Waals surface area contributed by atoms with Gasteiger partial charge in [0.2, 0.25) is 5.95 Å². The first-order chi connectivity index (χ1) is 11.5. The topological polar surface area (TPSA) is 76.1 Å². The van der Waals surface area contributed by atoms with Gasteiger partial charge >= 0.3 is 5.97 Å². The molecule has 0 amide bonds. The Bertz CT molecular complexity index is 707. The first-order valence-electron chi connectivity index (χ1n) is 7.71. The van der Waals surface area contributed by atoms with Gasteiger partial charge in [-0.05, 0) is 36.6 Å². The molecule has 0 bridgehead atoms. The van der Waals surface area contributed by atoms with Crippen molar-refractivity contribution in [2.24, 2.45) is 5.92 Å². The number of halogens is 1. The summed E-state index contributed by atoms with van der Waals surface area (Å²) in [6, 6.07) is 6.61. The van der Waals surface area contributed by atoms with E-state index in [9.17, 15) is 4.79 Å². The number of anilines is 3. The molecule has 24 heavy (non-hydrogen) atoms. The highest BCUT2D eigenvalue weighted by Crippen LogP contribution is 2.26. The van der Waals surface area contributed by atoms with Crippen LogP contribution in [0.2, 0.25) is 5.02 Å². The average molecular weight is 349 g/mol. The van der Waals surface area contributed by atoms with Crippen LogP contribution in [0.3, 0.4) is 0 Å². The van der Waals surface area contributed by atoms with Crippen LogP contribution in [0.4, 0.5) is 17.5 Å². The van der Waals surface area contributed by atoms with Crippen LogP contribution in [0.15, 0.2) is 30.5 Å². The maximum atomic E-state index is 11.6. The average Bonchev–Trinajstić information content (AvgIpc) is 2.56. The van der Waals surface area contributed by atoms with Crippen molar-refractivity contribution in [3.8, 4) is 0 Å². The standard InChI is InChI=1S/C17H21ClN4O2/c1-11(2)6-8-19-17-20-9-7-15(22-17)21-14-10-12(16(23)24-3)4-5-13(14)18/h4-5,7,9-11H,6,8H2,1-3H3,(H2,19,20,21,22). The van der Waals surface area contributed by atoms with Gasteiger partial charge in [-0.2, -0.15) is 4.98 Å². The molecule has 2 N–H and O–H groups in total. The molecule has 6 nitrogen and oxygen atoms in total. The number of rotatable bonds is 7. The molecule has 0 atom stereocenters. The van der Waals surface area contributed by atoms with Crippen molar-refractivity contribution >= 4 is 35.0 Å². The highest BCUT2D eigenvalue weighted by Gasteiger charge is 2.10. The molecule has 2 rings (SSSR count). The summed E-state index contributed by atoms with van der Waals surface area (Å²) in [5, 5.41) is 6.77. The van der Waals surface area contributed by atoms with Crippen LogP contribution in [-0.2, 0) is 4.74 Å². The van der Waals surface area contributed by atoms with Crippen molar-refractivity contribution < 1.29 is 9.53 Å². The molecule has 1 heterocycles. The number of nitrogens with zero attached hydrogens (tertiary/aromatic N) is 2. The van der Waals surface area contributed by atoms with E-state index in [0.717, 1.165) is 13.0 Å². The van der Waals surface area contributed by atoms with E-state index in [0.29, 0.717) is 34.0 Å². The lowest BCUT2D eigenvalue weighted by Gasteiger charge is -2.11. The second-order valence-electron chi connectivity index (χ2n) is 5.69. The minimum Gasteiger partial charge on any atom is -0.465 e. The fourth-order valence-corrected chi connectivity index (χ4v) is 2.15. The van der Waals surface area contributed by atoms with Gasteiger partial charge in [-0.3, -0.25) is 0 Å². The maximum absolute atomic E-state index is 11.6. The minimum absolute atomic E-state index is 0.411. The third-order valence-corrected chi connectivity index (χ3v) is 3.64. The highest BCUT2D eigenvalue weighted by molar-refractivity contribution is 6.33. The van der Waals surface area contributed by atoms with E-state index in [1.54, 1.807) is 30.5 Å². The monoisotopic (exact) mass is 348 g/mol. The third-order valence-electron chi connectivity index (χ3n) is 3.31. The van der Waals surface area contributed by atoms with Gasteiger partial charge in [0.25, 0.3) is 0 Å². The van der Waals surface area contributed by atoms with Crippen molar-refractivity contribution in [3.63, 3.8) is 0 Å².